The van der Waals surface area contributed by atoms with Gasteiger partial charge >= 0.3 is 0 Å². The van der Waals surface area contributed by atoms with Crippen LogP contribution in [0, 0.1) is 5.92 Å². The number of guanidine groups is 1. The van der Waals surface area contributed by atoms with Crippen LogP contribution < -0.4 is 5.32 Å². The van der Waals surface area contributed by atoms with Crippen molar-refractivity contribution in [3.63, 3.8) is 0 Å². The van der Waals surface area contributed by atoms with Crippen molar-refractivity contribution in [1.29, 1.82) is 0 Å². The molecule has 0 bridgehead atoms. The fourth-order valence-corrected chi connectivity index (χ4v) is 4.37. The number of ether oxygens (including phenoxy) is 1. The second-order valence-corrected chi connectivity index (χ2v) is 8.33. The van der Waals surface area contributed by atoms with Gasteiger partial charge in [-0.1, -0.05) is 30.3 Å². The molecule has 1 aromatic carbocycles. The lowest BCUT2D eigenvalue weighted by molar-refractivity contribution is -0.140. The van der Waals surface area contributed by atoms with Crippen LogP contribution in [0.15, 0.2) is 47.7 Å². The van der Waals surface area contributed by atoms with Crippen molar-refractivity contribution >= 4 is 11.9 Å². The number of likely N-dealkylation sites (tertiary alicyclic amines) is 1. The maximum atomic E-state index is 12.8. The number of rotatable bonds is 6. The van der Waals surface area contributed by atoms with E-state index < -0.39 is 0 Å². The van der Waals surface area contributed by atoms with Crippen LogP contribution >= 0.6 is 0 Å². The molecule has 0 spiro atoms. The summed E-state index contributed by atoms with van der Waals surface area (Å²) in [4.78, 5) is 26.5. The van der Waals surface area contributed by atoms with Crippen molar-refractivity contribution in [2.24, 2.45) is 10.9 Å². The zero-order valence-corrected chi connectivity index (χ0v) is 18.9. The number of nitrogens with zero attached hydrogens (tertiary/aromatic N) is 5. The Morgan fingerprint density at radius 3 is 2.59 bits per heavy atom. The van der Waals surface area contributed by atoms with Crippen molar-refractivity contribution in [2.45, 2.75) is 32.9 Å². The Kier molecular flexibility index (Phi) is 7.77. The standard InChI is InChI=1S/C24H34N6O2/c1-2-25-24(27-18-22-26-10-13-30(22)19-20-6-4-3-5-7-20)29-11-8-21(9-12-29)23(31)28-14-16-32-17-15-28/h3-7,10,13,21H,2,8-9,11-12,14-19H2,1H3,(H,25,27). The first-order valence-corrected chi connectivity index (χ1v) is 11.7. The minimum atomic E-state index is 0.108. The smallest absolute Gasteiger partial charge is 0.225 e. The van der Waals surface area contributed by atoms with Gasteiger partial charge in [-0.3, -0.25) is 4.79 Å². The summed E-state index contributed by atoms with van der Waals surface area (Å²) in [6.07, 6.45) is 5.57. The molecule has 8 heteroatoms. The fourth-order valence-electron chi connectivity index (χ4n) is 4.37. The van der Waals surface area contributed by atoms with E-state index in [1.807, 2.05) is 23.4 Å². The minimum absolute atomic E-state index is 0.108. The lowest BCUT2D eigenvalue weighted by Gasteiger charge is -2.36. The summed E-state index contributed by atoms with van der Waals surface area (Å²) in [5, 5.41) is 3.42. The number of piperidine rings is 1. The van der Waals surface area contributed by atoms with E-state index in [1.54, 1.807) is 0 Å². The summed E-state index contributed by atoms with van der Waals surface area (Å²) in [6.45, 7) is 8.63. The number of hydrogen-bond donors (Lipinski definition) is 1. The van der Waals surface area contributed by atoms with Crippen molar-refractivity contribution in [2.75, 3.05) is 45.9 Å². The van der Waals surface area contributed by atoms with Crippen LogP contribution in [0.5, 0.6) is 0 Å². The Labute approximate surface area is 190 Å². The van der Waals surface area contributed by atoms with Gasteiger partial charge in [0.2, 0.25) is 5.91 Å². The number of amides is 1. The first-order valence-electron chi connectivity index (χ1n) is 11.7. The zero-order valence-electron chi connectivity index (χ0n) is 18.9. The first kappa shape index (κ1) is 22.3. The van der Waals surface area contributed by atoms with Crippen LogP contribution in [-0.2, 0) is 22.6 Å². The molecular weight excluding hydrogens is 404 g/mol. The number of hydrogen-bond acceptors (Lipinski definition) is 4. The molecule has 2 aliphatic rings. The number of nitrogens with one attached hydrogen (secondary N) is 1. The predicted octanol–water partition coefficient (Wildman–Crippen LogP) is 1.97. The summed E-state index contributed by atoms with van der Waals surface area (Å²) in [7, 11) is 0. The van der Waals surface area contributed by atoms with E-state index in [0.717, 1.165) is 63.9 Å². The normalized spacial score (nSPS) is 18.1. The van der Waals surface area contributed by atoms with E-state index in [0.29, 0.717) is 19.8 Å². The summed E-state index contributed by atoms with van der Waals surface area (Å²) < 4.78 is 7.53. The van der Waals surface area contributed by atoms with Crippen molar-refractivity contribution in [3.8, 4) is 0 Å². The molecule has 1 N–H and O–H groups in total. The van der Waals surface area contributed by atoms with Gasteiger partial charge in [0.1, 0.15) is 12.4 Å². The molecule has 0 saturated carbocycles. The Balaban J connectivity index is 1.35. The van der Waals surface area contributed by atoms with Crippen molar-refractivity contribution < 1.29 is 9.53 Å². The highest BCUT2D eigenvalue weighted by Gasteiger charge is 2.30. The van der Waals surface area contributed by atoms with Gasteiger partial charge in [0.25, 0.3) is 0 Å². The maximum Gasteiger partial charge on any atom is 0.225 e. The Bertz CT molecular complexity index is 883. The van der Waals surface area contributed by atoms with Gasteiger partial charge in [-0.2, -0.15) is 0 Å². The number of benzene rings is 1. The molecule has 4 rings (SSSR count). The fraction of sp³-hybridized carbons (Fsp3) is 0.542. The summed E-state index contributed by atoms with van der Waals surface area (Å²) in [6, 6.07) is 10.4. The van der Waals surface area contributed by atoms with Gasteiger partial charge in [-0.05, 0) is 25.3 Å². The van der Waals surface area contributed by atoms with E-state index in [4.69, 9.17) is 9.73 Å². The maximum absolute atomic E-state index is 12.8. The summed E-state index contributed by atoms with van der Waals surface area (Å²) >= 11 is 0. The lowest BCUT2D eigenvalue weighted by atomic mass is 9.95. The molecule has 2 fully saturated rings. The average molecular weight is 439 g/mol. The number of carbonyl (C=O) groups is 1. The highest BCUT2D eigenvalue weighted by molar-refractivity contribution is 5.81. The minimum Gasteiger partial charge on any atom is -0.378 e. The van der Waals surface area contributed by atoms with E-state index in [2.05, 4.69) is 51.0 Å². The van der Waals surface area contributed by atoms with Gasteiger partial charge in [0, 0.05) is 57.6 Å². The molecule has 2 aromatic rings. The molecule has 1 aromatic heterocycles. The number of aliphatic imine (C=N–C) groups is 1. The average Bonchev–Trinajstić information content (AvgIpc) is 3.29. The third-order valence-electron chi connectivity index (χ3n) is 6.17. The molecule has 172 valence electrons. The first-order chi connectivity index (χ1) is 15.7. The predicted molar refractivity (Wildman–Crippen MR) is 124 cm³/mol. The SMILES string of the molecule is CCNC(=NCc1nccn1Cc1ccccc1)N1CCC(C(=O)N2CCOCC2)CC1. The summed E-state index contributed by atoms with van der Waals surface area (Å²) in [5.41, 5.74) is 1.25. The number of carbonyl (C=O) groups excluding carboxylic acids is 1. The van der Waals surface area contributed by atoms with Crippen LogP contribution in [0.4, 0.5) is 0 Å². The molecule has 32 heavy (non-hydrogen) atoms. The molecule has 3 heterocycles. The van der Waals surface area contributed by atoms with Crippen LogP contribution in [0.25, 0.3) is 0 Å². The number of imidazole rings is 1. The van der Waals surface area contributed by atoms with Crippen LogP contribution in [0.1, 0.15) is 31.2 Å². The highest BCUT2D eigenvalue weighted by atomic mass is 16.5. The van der Waals surface area contributed by atoms with Gasteiger partial charge < -0.3 is 24.4 Å². The van der Waals surface area contributed by atoms with E-state index in [-0.39, 0.29) is 11.8 Å². The van der Waals surface area contributed by atoms with Crippen LogP contribution in [0.2, 0.25) is 0 Å². The van der Waals surface area contributed by atoms with Gasteiger partial charge in [0.15, 0.2) is 5.96 Å². The largest absolute Gasteiger partial charge is 0.378 e. The van der Waals surface area contributed by atoms with Crippen LogP contribution in [-0.4, -0.2) is 77.2 Å². The van der Waals surface area contributed by atoms with Gasteiger partial charge in [-0.25, -0.2) is 9.98 Å². The highest BCUT2D eigenvalue weighted by Crippen LogP contribution is 2.20. The van der Waals surface area contributed by atoms with E-state index >= 15 is 0 Å². The van der Waals surface area contributed by atoms with Crippen molar-refractivity contribution in [1.82, 2.24) is 24.7 Å². The lowest BCUT2D eigenvalue weighted by Crippen LogP contribution is -2.50. The summed E-state index contributed by atoms with van der Waals surface area (Å²) in [5.74, 6) is 2.25. The van der Waals surface area contributed by atoms with Crippen LogP contribution in [0.3, 0.4) is 0 Å². The molecule has 0 aliphatic carbocycles. The number of morpholine rings is 1. The van der Waals surface area contributed by atoms with Crippen molar-refractivity contribution in [3.05, 3.63) is 54.1 Å². The molecule has 2 saturated heterocycles. The molecule has 0 atom stereocenters. The third kappa shape index (κ3) is 5.68. The molecule has 0 unspecified atom stereocenters. The molecule has 0 radical (unpaired) electrons. The van der Waals surface area contributed by atoms with Gasteiger partial charge in [-0.15, -0.1) is 0 Å². The van der Waals surface area contributed by atoms with E-state index in [1.165, 1.54) is 5.56 Å². The Hall–Kier alpha value is -2.87. The quantitative estimate of drug-likeness (QED) is 0.551. The topological polar surface area (TPSA) is 75.0 Å². The molecular formula is C24H34N6O2. The molecule has 1 amide bonds. The molecule has 2 aliphatic heterocycles. The third-order valence-corrected chi connectivity index (χ3v) is 6.17. The molecule has 8 nitrogen and oxygen atoms in total. The van der Waals surface area contributed by atoms with E-state index in [9.17, 15) is 4.79 Å². The second kappa shape index (κ2) is 11.1. The Morgan fingerprint density at radius 2 is 1.88 bits per heavy atom. The monoisotopic (exact) mass is 438 g/mol. The second-order valence-electron chi connectivity index (χ2n) is 8.33. The number of aromatic nitrogens is 2. The Morgan fingerprint density at radius 1 is 1.12 bits per heavy atom. The van der Waals surface area contributed by atoms with Gasteiger partial charge in [0.05, 0.1) is 13.2 Å². The zero-order chi connectivity index (χ0) is 22.2.